The highest BCUT2D eigenvalue weighted by atomic mass is 19.1. The van der Waals surface area contributed by atoms with Gasteiger partial charge in [-0.05, 0) is 19.9 Å². The minimum atomic E-state index is -1.54. The number of nitrogens with zero attached hydrogens (tertiary/aromatic N) is 2. The van der Waals surface area contributed by atoms with E-state index < -0.39 is 11.6 Å². The van der Waals surface area contributed by atoms with Crippen molar-refractivity contribution in [1.82, 2.24) is 9.97 Å². The van der Waals surface area contributed by atoms with Crippen LogP contribution < -0.4 is 4.74 Å². The molecule has 0 spiro atoms. The van der Waals surface area contributed by atoms with Crippen molar-refractivity contribution in [2.75, 3.05) is 13.7 Å². The van der Waals surface area contributed by atoms with Crippen LogP contribution >= 0.6 is 0 Å². The average molecular weight is 254 g/mol. The van der Waals surface area contributed by atoms with Crippen LogP contribution in [0, 0.1) is 0 Å². The van der Waals surface area contributed by atoms with Gasteiger partial charge in [-0.25, -0.2) is 19.2 Å². The van der Waals surface area contributed by atoms with Crippen molar-refractivity contribution in [3.05, 3.63) is 24.2 Å². The maximum Gasteiger partial charge on any atom is 0.345 e. The fourth-order valence-corrected chi connectivity index (χ4v) is 1.18. The van der Waals surface area contributed by atoms with Gasteiger partial charge in [-0.1, -0.05) is 6.58 Å². The first kappa shape index (κ1) is 14.1. The summed E-state index contributed by atoms with van der Waals surface area (Å²) in [6, 6.07) is 0. The monoisotopic (exact) mass is 254 g/mol. The molecule has 0 aliphatic carbocycles. The Morgan fingerprint density at radius 1 is 1.56 bits per heavy atom. The van der Waals surface area contributed by atoms with Gasteiger partial charge < -0.3 is 9.47 Å². The summed E-state index contributed by atoms with van der Waals surface area (Å²) in [5.74, 6) is -0.672. The third-order valence-corrected chi connectivity index (χ3v) is 1.98. The Kier molecular flexibility index (Phi) is 4.36. The van der Waals surface area contributed by atoms with Gasteiger partial charge >= 0.3 is 5.97 Å². The predicted octanol–water partition coefficient (Wildman–Crippen LogP) is 2.03. The lowest BCUT2D eigenvalue weighted by atomic mass is 10.2. The number of alkyl halides is 1. The van der Waals surface area contributed by atoms with Gasteiger partial charge in [0.05, 0.1) is 12.8 Å². The molecule has 1 heterocycles. The van der Waals surface area contributed by atoms with Gasteiger partial charge in [0.2, 0.25) is 5.88 Å². The van der Waals surface area contributed by atoms with E-state index in [2.05, 4.69) is 21.3 Å². The lowest BCUT2D eigenvalue weighted by Crippen LogP contribution is -2.24. The minimum absolute atomic E-state index is 0.0162. The molecule has 0 aromatic carbocycles. The van der Waals surface area contributed by atoms with E-state index in [1.54, 1.807) is 0 Å². The number of methoxy groups -OCH3 is 1. The zero-order valence-electron chi connectivity index (χ0n) is 10.6. The zero-order chi connectivity index (χ0) is 13.8. The standard InChI is InChI=1S/C12H15FN2O3/c1-5-8-9(11(16)17-4)10(15-7-14-8)18-6-12(2,3)13/h5,7H,1,6H2,2-4H3. The van der Waals surface area contributed by atoms with Crippen LogP contribution in [-0.2, 0) is 4.74 Å². The SMILES string of the molecule is C=Cc1ncnc(OCC(C)(C)F)c1C(=O)OC. The average Bonchev–Trinajstić information content (AvgIpc) is 2.33. The van der Waals surface area contributed by atoms with Gasteiger partial charge in [0, 0.05) is 0 Å². The number of rotatable bonds is 5. The van der Waals surface area contributed by atoms with Crippen molar-refractivity contribution in [2.45, 2.75) is 19.5 Å². The summed E-state index contributed by atoms with van der Waals surface area (Å²) in [5.41, 5.74) is -1.21. The summed E-state index contributed by atoms with van der Waals surface area (Å²) < 4.78 is 23.2. The number of hydrogen-bond donors (Lipinski definition) is 0. The van der Waals surface area contributed by atoms with Crippen molar-refractivity contribution in [3.63, 3.8) is 0 Å². The molecule has 0 radical (unpaired) electrons. The van der Waals surface area contributed by atoms with Crippen molar-refractivity contribution >= 4 is 12.0 Å². The van der Waals surface area contributed by atoms with Crippen LogP contribution in [0.4, 0.5) is 4.39 Å². The van der Waals surface area contributed by atoms with E-state index >= 15 is 0 Å². The molecule has 0 N–H and O–H groups in total. The Balaban J connectivity index is 3.10. The topological polar surface area (TPSA) is 61.3 Å². The van der Waals surface area contributed by atoms with Crippen molar-refractivity contribution in [1.29, 1.82) is 0 Å². The smallest absolute Gasteiger partial charge is 0.345 e. The summed E-state index contributed by atoms with van der Waals surface area (Å²) in [7, 11) is 1.23. The van der Waals surface area contributed by atoms with E-state index in [9.17, 15) is 9.18 Å². The fourth-order valence-electron chi connectivity index (χ4n) is 1.18. The first-order valence-electron chi connectivity index (χ1n) is 5.26. The quantitative estimate of drug-likeness (QED) is 0.752. The molecule has 5 nitrogen and oxygen atoms in total. The summed E-state index contributed by atoms with van der Waals surface area (Å²) >= 11 is 0. The molecule has 18 heavy (non-hydrogen) atoms. The molecule has 6 heteroatoms. The van der Waals surface area contributed by atoms with Crippen LogP contribution in [0.2, 0.25) is 0 Å². The zero-order valence-corrected chi connectivity index (χ0v) is 10.6. The molecule has 0 aliphatic rings. The Morgan fingerprint density at radius 2 is 2.22 bits per heavy atom. The number of carbonyl (C=O) groups is 1. The summed E-state index contributed by atoms with van der Waals surface area (Å²) in [6.45, 7) is 6.02. The van der Waals surface area contributed by atoms with Crippen molar-refractivity contribution in [3.8, 4) is 5.88 Å². The van der Waals surface area contributed by atoms with E-state index in [4.69, 9.17) is 4.74 Å². The number of aromatic nitrogens is 2. The van der Waals surface area contributed by atoms with Crippen LogP contribution in [0.5, 0.6) is 5.88 Å². The molecule has 0 atom stereocenters. The lowest BCUT2D eigenvalue weighted by molar-refractivity contribution is 0.0585. The maximum atomic E-state index is 13.4. The molecule has 0 amide bonds. The van der Waals surface area contributed by atoms with Crippen LogP contribution in [0.15, 0.2) is 12.9 Å². The minimum Gasteiger partial charge on any atom is -0.474 e. The highest BCUT2D eigenvalue weighted by molar-refractivity contribution is 5.95. The first-order valence-corrected chi connectivity index (χ1v) is 5.26. The van der Waals surface area contributed by atoms with Crippen LogP contribution in [-0.4, -0.2) is 35.3 Å². The first-order chi connectivity index (χ1) is 8.39. The number of esters is 1. The molecule has 0 bridgehead atoms. The normalized spacial score (nSPS) is 10.9. The number of halogens is 1. The third kappa shape index (κ3) is 3.51. The van der Waals surface area contributed by atoms with E-state index in [0.717, 1.165) is 0 Å². The molecule has 98 valence electrons. The highest BCUT2D eigenvalue weighted by Gasteiger charge is 2.23. The van der Waals surface area contributed by atoms with Crippen molar-refractivity contribution < 1.29 is 18.7 Å². The fraction of sp³-hybridized carbons (Fsp3) is 0.417. The highest BCUT2D eigenvalue weighted by Crippen LogP contribution is 2.21. The van der Waals surface area contributed by atoms with Crippen LogP contribution in [0.3, 0.4) is 0 Å². The summed E-state index contributed by atoms with van der Waals surface area (Å²) in [4.78, 5) is 19.3. The van der Waals surface area contributed by atoms with Gasteiger partial charge in [0.25, 0.3) is 0 Å². The van der Waals surface area contributed by atoms with E-state index in [1.807, 2.05) is 0 Å². The van der Waals surface area contributed by atoms with Crippen LogP contribution in [0.25, 0.3) is 6.08 Å². The van der Waals surface area contributed by atoms with Gasteiger partial charge in [-0.3, -0.25) is 0 Å². The van der Waals surface area contributed by atoms with E-state index in [-0.39, 0.29) is 23.7 Å². The summed E-state index contributed by atoms with van der Waals surface area (Å²) in [6.07, 6.45) is 2.59. The molecule has 0 unspecified atom stereocenters. The second-order valence-electron chi connectivity index (χ2n) is 4.14. The molecule has 0 saturated carbocycles. The Morgan fingerprint density at radius 3 is 2.72 bits per heavy atom. The molecular weight excluding hydrogens is 239 g/mol. The van der Waals surface area contributed by atoms with Crippen LogP contribution in [0.1, 0.15) is 29.9 Å². The van der Waals surface area contributed by atoms with Gasteiger partial charge in [-0.15, -0.1) is 0 Å². The molecule has 0 fully saturated rings. The predicted molar refractivity (Wildman–Crippen MR) is 64.1 cm³/mol. The summed E-state index contributed by atoms with van der Waals surface area (Å²) in [5, 5.41) is 0. The molecule has 0 aliphatic heterocycles. The third-order valence-electron chi connectivity index (χ3n) is 1.98. The Bertz CT molecular complexity index is 455. The molecule has 1 aromatic rings. The Labute approximate surface area is 105 Å². The van der Waals surface area contributed by atoms with Gasteiger partial charge in [-0.2, -0.15) is 0 Å². The lowest BCUT2D eigenvalue weighted by Gasteiger charge is -2.16. The largest absolute Gasteiger partial charge is 0.474 e. The number of ether oxygens (including phenoxy) is 2. The second-order valence-corrected chi connectivity index (χ2v) is 4.14. The van der Waals surface area contributed by atoms with Crippen molar-refractivity contribution in [2.24, 2.45) is 0 Å². The molecular formula is C12H15FN2O3. The number of hydrogen-bond acceptors (Lipinski definition) is 5. The number of carbonyl (C=O) groups excluding carboxylic acids is 1. The van der Waals surface area contributed by atoms with E-state index in [1.165, 1.54) is 33.4 Å². The van der Waals surface area contributed by atoms with Gasteiger partial charge in [0.15, 0.2) is 0 Å². The molecule has 1 rings (SSSR count). The Hall–Kier alpha value is -1.98. The maximum absolute atomic E-state index is 13.4. The van der Waals surface area contributed by atoms with Gasteiger partial charge in [0.1, 0.15) is 24.2 Å². The molecule has 1 aromatic heterocycles. The second kappa shape index (κ2) is 5.57. The van der Waals surface area contributed by atoms with E-state index in [0.29, 0.717) is 0 Å². The molecule has 0 saturated heterocycles.